The van der Waals surface area contributed by atoms with Crippen LogP contribution >= 0.6 is 23.5 Å². The molecule has 1 saturated heterocycles. The summed E-state index contributed by atoms with van der Waals surface area (Å²) in [5, 5.41) is 11.1. The van der Waals surface area contributed by atoms with Gasteiger partial charge in [-0.15, -0.1) is 23.5 Å². The van der Waals surface area contributed by atoms with Crippen LogP contribution in [-0.2, 0) is 23.4 Å². The number of nitro groups is 1. The third kappa shape index (κ3) is 5.61. The molecule has 188 valence electrons. The highest BCUT2D eigenvalue weighted by atomic mass is 32.2. The number of nitrogens with zero attached hydrogens (tertiary/aromatic N) is 1. The lowest BCUT2D eigenvalue weighted by atomic mass is 9.98. The molecule has 7 nitrogen and oxygen atoms in total. The third-order valence-corrected chi connectivity index (χ3v) is 11.4. The van der Waals surface area contributed by atoms with Gasteiger partial charge in [0.25, 0.3) is 5.69 Å². The molecule has 1 aliphatic rings. The van der Waals surface area contributed by atoms with Gasteiger partial charge >= 0.3 is 5.97 Å². The second-order valence-corrected chi connectivity index (χ2v) is 13.2. The first-order chi connectivity index (χ1) is 17.2. The molecule has 0 radical (unpaired) electrons. The number of sulfone groups is 1. The number of hydrogen-bond acceptors (Lipinski definition) is 8. The Morgan fingerprint density at radius 3 is 2.06 bits per heavy atom. The minimum atomic E-state index is -3.70. The van der Waals surface area contributed by atoms with E-state index in [0.29, 0.717) is 0 Å². The first-order valence-electron chi connectivity index (χ1n) is 11.2. The van der Waals surface area contributed by atoms with Crippen molar-refractivity contribution in [1.82, 2.24) is 0 Å². The molecule has 0 saturated carbocycles. The van der Waals surface area contributed by atoms with E-state index in [1.165, 1.54) is 19.2 Å². The molecule has 3 aromatic rings. The van der Waals surface area contributed by atoms with Gasteiger partial charge in [0.2, 0.25) is 0 Å². The molecule has 0 aromatic heterocycles. The first-order valence-corrected chi connectivity index (χ1v) is 14.9. The van der Waals surface area contributed by atoms with E-state index in [1.54, 1.807) is 47.8 Å². The van der Waals surface area contributed by atoms with E-state index in [1.807, 2.05) is 42.5 Å². The van der Waals surface area contributed by atoms with Crippen LogP contribution in [0.5, 0.6) is 0 Å². The first kappa shape index (κ1) is 26.2. The van der Waals surface area contributed by atoms with Crippen molar-refractivity contribution in [2.45, 2.75) is 21.3 Å². The summed E-state index contributed by atoms with van der Waals surface area (Å²) in [6.07, 6.45) is -0.0334. The second-order valence-electron chi connectivity index (χ2n) is 8.31. The topological polar surface area (TPSA) is 104 Å². The zero-order chi connectivity index (χ0) is 25.8. The van der Waals surface area contributed by atoms with Crippen LogP contribution in [0.3, 0.4) is 0 Å². The van der Waals surface area contributed by atoms with Gasteiger partial charge in [0.1, 0.15) is 4.08 Å². The highest BCUT2D eigenvalue weighted by Crippen LogP contribution is 2.56. The predicted molar refractivity (Wildman–Crippen MR) is 143 cm³/mol. The van der Waals surface area contributed by atoms with Gasteiger partial charge in [0.15, 0.2) is 9.84 Å². The van der Waals surface area contributed by atoms with Gasteiger partial charge in [-0.25, -0.2) is 8.42 Å². The van der Waals surface area contributed by atoms with Crippen LogP contribution in [-0.4, -0.2) is 43.7 Å². The zero-order valence-electron chi connectivity index (χ0n) is 19.5. The number of methoxy groups -OCH3 is 1. The number of carbonyl (C=O) groups is 1. The molecule has 0 N–H and O–H groups in total. The fourth-order valence-corrected chi connectivity index (χ4v) is 9.11. The predicted octanol–water partition coefficient (Wildman–Crippen LogP) is 5.40. The number of non-ortho nitro benzene ring substituents is 1. The summed E-state index contributed by atoms with van der Waals surface area (Å²) < 4.78 is 31.0. The third-order valence-electron chi connectivity index (χ3n) is 6.08. The summed E-state index contributed by atoms with van der Waals surface area (Å²) in [4.78, 5) is 22.8. The molecular weight excluding hydrogens is 518 g/mol. The van der Waals surface area contributed by atoms with E-state index in [-0.39, 0.29) is 22.8 Å². The molecule has 4 rings (SSSR count). The number of benzene rings is 3. The van der Waals surface area contributed by atoms with E-state index in [2.05, 4.69) is 0 Å². The van der Waals surface area contributed by atoms with E-state index >= 15 is 0 Å². The van der Waals surface area contributed by atoms with Crippen LogP contribution in [0.25, 0.3) is 0 Å². The van der Waals surface area contributed by atoms with Crippen LogP contribution in [0, 0.1) is 10.1 Å². The highest BCUT2D eigenvalue weighted by molar-refractivity contribution is 8.20. The molecule has 0 bridgehead atoms. The average Bonchev–Trinajstić information content (AvgIpc) is 3.40. The Hall–Kier alpha value is -2.82. The van der Waals surface area contributed by atoms with E-state index in [4.69, 9.17) is 4.74 Å². The number of thioether (sulfide) groups is 2. The van der Waals surface area contributed by atoms with E-state index in [0.717, 1.165) is 28.2 Å². The van der Waals surface area contributed by atoms with Crippen molar-refractivity contribution in [3.8, 4) is 0 Å². The Balaban J connectivity index is 1.62. The maximum atomic E-state index is 13.3. The quantitative estimate of drug-likeness (QED) is 0.201. The Bertz CT molecular complexity index is 1320. The molecule has 1 atom stereocenters. The summed E-state index contributed by atoms with van der Waals surface area (Å²) in [5.41, 5.74) is 2.65. The Kier molecular flexibility index (Phi) is 8.07. The van der Waals surface area contributed by atoms with Crippen molar-refractivity contribution >= 4 is 45.0 Å². The van der Waals surface area contributed by atoms with Crippen LogP contribution in [0.4, 0.5) is 5.69 Å². The molecule has 0 spiro atoms. The van der Waals surface area contributed by atoms with Crippen LogP contribution in [0.1, 0.15) is 29.0 Å². The van der Waals surface area contributed by atoms with Gasteiger partial charge < -0.3 is 4.74 Å². The molecule has 1 unspecified atom stereocenters. The molecule has 0 amide bonds. The smallest absolute Gasteiger partial charge is 0.306 e. The SMILES string of the molecule is COC(=O)CC(CS(=O)(=O)c1ccc(C2(c3ccc([N+](=O)[O-])cc3)SCCS2)cc1)c1ccccc1. The van der Waals surface area contributed by atoms with Gasteiger partial charge in [-0.2, -0.15) is 0 Å². The number of hydrogen-bond donors (Lipinski definition) is 0. The van der Waals surface area contributed by atoms with E-state index in [9.17, 15) is 23.3 Å². The average molecular weight is 544 g/mol. The fraction of sp³-hybridized carbons (Fsp3) is 0.269. The summed E-state index contributed by atoms with van der Waals surface area (Å²) in [5.74, 6) is 0.607. The minimum absolute atomic E-state index is 0.0308. The largest absolute Gasteiger partial charge is 0.469 e. The van der Waals surface area contributed by atoms with Crippen LogP contribution in [0.2, 0.25) is 0 Å². The fourth-order valence-electron chi connectivity index (χ4n) is 4.24. The maximum Gasteiger partial charge on any atom is 0.306 e. The molecule has 1 heterocycles. The van der Waals surface area contributed by atoms with Crippen molar-refractivity contribution in [1.29, 1.82) is 0 Å². The summed E-state index contributed by atoms with van der Waals surface area (Å²) in [6, 6.07) is 22.5. The molecule has 1 fully saturated rings. The van der Waals surface area contributed by atoms with Crippen LogP contribution < -0.4 is 0 Å². The van der Waals surface area contributed by atoms with E-state index < -0.39 is 30.7 Å². The Morgan fingerprint density at radius 2 is 1.53 bits per heavy atom. The Morgan fingerprint density at radius 1 is 0.972 bits per heavy atom. The van der Waals surface area contributed by atoms with Crippen molar-refractivity contribution < 1.29 is 22.9 Å². The monoisotopic (exact) mass is 543 g/mol. The molecule has 0 aliphatic carbocycles. The number of carbonyl (C=O) groups excluding carboxylic acids is 1. The lowest BCUT2D eigenvalue weighted by molar-refractivity contribution is -0.384. The standard InChI is InChI=1S/C26H25NO6S3/c1-33-25(28)17-20(19-5-3-2-4-6-19)18-36(31,32)24-13-9-22(10-14-24)26(34-15-16-35-26)21-7-11-23(12-8-21)27(29)30/h2-14,20H,15-18H2,1H3. The Labute approximate surface area is 218 Å². The molecular formula is C26H25NO6S3. The number of esters is 1. The molecule has 1 aliphatic heterocycles. The number of rotatable bonds is 9. The molecule has 3 aromatic carbocycles. The second kappa shape index (κ2) is 11.1. The summed E-state index contributed by atoms with van der Waals surface area (Å²) in [6.45, 7) is 0. The normalized spacial score (nSPS) is 15.8. The maximum absolute atomic E-state index is 13.3. The number of nitro benzene ring substituents is 1. The molecule has 36 heavy (non-hydrogen) atoms. The van der Waals surface area contributed by atoms with Crippen molar-refractivity contribution in [2.24, 2.45) is 0 Å². The molecule has 10 heteroatoms. The van der Waals surface area contributed by atoms with Gasteiger partial charge in [0.05, 0.1) is 29.1 Å². The van der Waals surface area contributed by atoms with Gasteiger partial charge in [-0.3, -0.25) is 14.9 Å². The summed E-state index contributed by atoms with van der Waals surface area (Å²) in [7, 11) is -2.41. The lowest BCUT2D eigenvalue weighted by Crippen LogP contribution is -2.20. The minimum Gasteiger partial charge on any atom is -0.469 e. The van der Waals surface area contributed by atoms with Crippen molar-refractivity contribution in [3.63, 3.8) is 0 Å². The van der Waals surface area contributed by atoms with Crippen molar-refractivity contribution in [3.05, 3.63) is 106 Å². The summed E-state index contributed by atoms with van der Waals surface area (Å²) >= 11 is 3.47. The van der Waals surface area contributed by atoms with Gasteiger partial charge in [-0.1, -0.05) is 42.5 Å². The zero-order valence-corrected chi connectivity index (χ0v) is 22.0. The van der Waals surface area contributed by atoms with Crippen LogP contribution in [0.15, 0.2) is 83.8 Å². The van der Waals surface area contributed by atoms with Crippen molar-refractivity contribution in [2.75, 3.05) is 24.4 Å². The van der Waals surface area contributed by atoms with Gasteiger partial charge in [-0.05, 0) is 41.0 Å². The lowest BCUT2D eigenvalue weighted by Gasteiger charge is -2.28. The highest BCUT2D eigenvalue weighted by Gasteiger charge is 2.39. The van der Waals surface area contributed by atoms with Gasteiger partial charge in [0, 0.05) is 29.6 Å². The number of ether oxygens (including phenoxy) is 1.